The van der Waals surface area contributed by atoms with Crippen LogP contribution in [-0.4, -0.2) is 30.0 Å². The molecule has 1 amide bonds. The van der Waals surface area contributed by atoms with E-state index >= 15 is 0 Å². The third-order valence-corrected chi connectivity index (χ3v) is 4.66. The maximum atomic E-state index is 12.3. The lowest BCUT2D eigenvalue weighted by Crippen LogP contribution is -2.20. The standard InChI is InChI=1S/C18H23N3O3S/c1-4-13(5-2)20-15-7-6-12(18(23)24-3)8-16(15)21-17(22)9-14-10-19-11-25-14/h6-8,10-11,13,20H,4-5,9H2,1-3H3,(H,21,22). The molecule has 0 bridgehead atoms. The van der Waals surface area contributed by atoms with Crippen LogP contribution >= 0.6 is 11.3 Å². The van der Waals surface area contributed by atoms with Gasteiger partial charge in [0.1, 0.15) is 0 Å². The largest absolute Gasteiger partial charge is 0.465 e. The molecule has 2 aromatic rings. The van der Waals surface area contributed by atoms with Gasteiger partial charge in [-0.25, -0.2) is 4.79 Å². The van der Waals surface area contributed by atoms with E-state index in [1.165, 1.54) is 18.4 Å². The highest BCUT2D eigenvalue weighted by Crippen LogP contribution is 2.26. The second-order valence-electron chi connectivity index (χ2n) is 5.60. The minimum absolute atomic E-state index is 0.154. The molecule has 0 radical (unpaired) electrons. The van der Waals surface area contributed by atoms with Crippen molar-refractivity contribution >= 4 is 34.6 Å². The van der Waals surface area contributed by atoms with E-state index in [1.54, 1.807) is 29.9 Å². The predicted molar refractivity (Wildman–Crippen MR) is 100 cm³/mol. The summed E-state index contributed by atoms with van der Waals surface area (Å²) in [5.74, 6) is -0.592. The number of ether oxygens (including phenoxy) is 1. The highest BCUT2D eigenvalue weighted by Gasteiger charge is 2.14. The topological polar surface area (TPSA) is 80.3 Å². The number of carbonyl (C=O) groups excluding carboxylic acids is 2. The minimum atomic E-state index is -0.438. The quantitative estimate of drug-likeness (QED) is 0.701. The van der Waals surface area contributed by atoms with Crippen LogP contribution in [0.2, 0.25) is 0 Å². The van der Waals surface area contributed by atoms with Crippen LogP contribution in [0.4, 0.5) is 11.4 Å². The maximum absolute atomic E-state index is 12.3. The van der Waals surface area contributed by atoms with Crippen LogP contribution in [0.1, 0.15) is 41.9 Å². The van der Waals surface area contributed by atoms with Gasteiger partial charge in [-0.15, -0.1) is 11.3 Å². The number of nitrogens with one attached hydrogen (secondary N) is 2. The van der Waals surface area contributed by atoms with E-state index < -0.39 is 5.97 Å². The molecule has 0 unspecified atom stereocenters. The average Bonchev–Trinajstić information content (AvgIpc) is 3.12. The summed E-state index contributed by atoms with van der Waals surface area (Å²) in [6.07, 6.45) is 3.85. The number of hydrogen-bond acceptors (Lipinski definition) is 6. The van der Waals surface area contributed by atoms with Gasteiger partial charge in [0.15, 0.2) is 0 Å². The summed E-state index contributed by atoms with van der Waals surface area (Å²) >= 11 is 1.43. The molecule has 0 saturated heterocycles. The lowest BCUT2D eigenvalue weighted by atomic mass is 10.1. The van der Waals surface area contributed by atoms with Gasteiger partial charge in [-0.05, 0) is 31.0 Å². The first kappa shape index (κ1) is 18.9. The Morgan fingerprint density at radius 2 is 2.00 bits per heavy atom. The summed E-state index contributed by atoms with van der Waals surface area (Å²) in [7, 11) is 1.33. The summed E-state index contributed by atoms with van der Waals surface area (Å²) in [5, 5.41) is 6.31. The fourth-order valence-corrected chi connectivity index (χ4v) is 3.01. The Morgan fingerprint density at radius 1 is 1.24 bits per heavy atom. The molecule has 0 aliphatic heterocycles. The van der Waals surface area contributed by atoms with Crippen LogP contribution in [0.15, 0.2) is 29.9 Å². The first-order valence-corrected chi connectivity index (χ1v) is 9.11. The number of esters is 1. The SMILES string of the molecule is CCC(CC)Nc1ccc(C(=O)OC)cc1NC(=O)Cc1cncs1. The molecule has 0 aliphatic rings. The van der Waals surface area contributed by atoms with Crippen molar-refractivity contribution in [1.82, 2.24) is 4.98 Å². The molecule has 1 aromatic heterocycles. The smallest absolute Gasteiger partial charge is 0.337 e. The number of hydrogen-bond donors (Lipinski definition) is 2. The van der Waals surface area contributed by atoms with Gasteiger partial charge in [0, 0.05) is 17.1 Å². The first-order valence-electron chi connectivity index (χ1n) is 8.23. The number of carbonyl (C=O) groups is 2. The number of nitrogens with zero attached hydrogens (tertiary/aromatic N) is 1. The molecule has 25 heavy (non-hydrogen) atoms. The van der Waals surface area contributed by atoms with E-state index in [0.717, 1.165) is 23.4 Å². The van der Waals surface area contributed by atoms with Crippen LogP contribution in [0.3, 0.4) is 0 Å². The molecule has 0 aliphatic carbocycles. The molecule has 7 heteroatoms. The third-order valence-electron chi connectivity index (χ3n) is 3.88. The molecular formula is C18H23N3O3S. The molecule has 0 atom stereocenters. The van der Waals surface area contributed by atoms with Crippen LogP contribution in [-0.2, 0) is 16.0 Å². The Kier molecular flexibility index (Phi) is 6.94. The number of benzene rings is 1. The summed E-state index contributed by atoms with van der Waals surface area (Å²) in [6, 6.07) is 5.42. The van der Waals surface area contributed by atoms with Crippen LogP contribution < -0.4 is 10.6 Å². The van der Waals surface area contributed by atoms with Crippen molar-refractivity contribution in [3.05, 3.63) is 40.3 Å². The monoisotopic (exact) mass is 361 g/mol. The second kappa shape index (κ2) is 9.17. The van der Waals surface area contributed by atoms with Crippen LogP contribution in [0.5, 0.6) is 0 Å². The predicted octanol–water partition coefficient (Wildman–Crippen LogP) is 3.71. The zero-order valence-electron chi connectivity index (χ0n) is 14.7. The Balaban J connectivity index is 2.23. The minimum Gasteiger partial charge on any atom is -0.465 e. The fraction of sp³-hybridized carbons (Fsp3) is 0.389. The van der Waals surface area contributed by atoms with Crippen LogP contribution in [0, 0.1) is 0 Å². The number of anilines is 2. The van der Waals surface area contributed by atoms with E-state index in [9.17, 15) is 9.59 Å². The van der Waals surface area contributed by atoms with Crippen molar-refractivity contribution in [2.75, 3.05) is 17.7 Å². The second-order valence-corrected chi connectivity index (χ2v) is 6.57. The van der Waals surface area contributed by atoms with E-state index in [4.69, 9.17) is 4.74 Å². The summed E-state index contributed by atoms with van der Waals surface area (Å²) in [6.45, 7) is 4.21. The van der Waals surface area contributed by atoms with Crippen molar-refractivity contribution in [3.63, 3.8) is 0 Å². The molecule has 1 aromatic carbocycles. The van der Waals surface area contributed by atoms with Crippen LogP contribution in [0.25, 0.3) is 0 Å². The van der Waals surface area contributed by atoms with Gasteiger partial charge in [0.05, 0.1) is 36.0 Å². The van der Waals surface area contributed by atoms with Crippen molar-refractivity contribution in [2.24, 2.45) is 0 Å². The van der Waals surface area contributed by atoms with Gasteiger partial charge in [0.25, 0.3) is 0 Å². The number of aromatic nitrogens is 1. The molecule has 1 heterocycles. The van der Waals surface area contributed by atoms with Crippen molar-refractivity contribution < 1.29 is 14.3 Å². The summed E-state index contributed by atoms with van der Waals surface area (Å²) in [5.41, 5.74) is 3.45. The lowest BCUT2D eigenvalue weighted by Gasteiger charge is -2.20. The summed E-state index contributed by atoms with van der Waals surface area (Å²) in [4.78, 5) is 29.0. The summed E-state index contributed by atoms with van der Waals surface area (Å²) < 4.78 is 4.77. The van der Waals surface area contributed by atoms with E-state index in [-0.39, 0.29) is 12.3 Å². The molecule has 0 fully saturated rings. The number of rotatable bonds is 8. The van der Waals surface area contributed by atoms with Crippen molar-refractivity contribution in [3.8, 4) is 0 Å². The zero-order chi connectivity index (χ0) is 18.2. The molecular weight excluding hydrogens is 338 g/mol. The molecule has 0 saturated carbocycles. The van der Waals surface area contributed by atoms with Gasteiger partial charge in [-0.3, -0.25) is 9.78 Å². The zero-order valence-corrected chi connectivity index (χ0v) is 15.5. The normalized spacial score (nSPS) is 10.6. The average molecular weight is 361 g/mol. The molecule has 6 nitrogen and oxygen atoms in total. The van der Waals surface area contributed by atoms with Crippen molar-refractivity contribution in [2.45, 2.75) is 39.2 Å². The van der Waals surface area contributed by atoms with E-state index in [0.29, 0.717) is 17.3 Å². The Bertz CT molecular complexity index is 712. The van der Waals surface area contributed by atoms with Crippen molar-refractivity contribution in [1.29, 1.82) is 0 Å². The Labute approximate surface area is 151 Å². The van der Waals surface area contributed by atoms with E-state index in [1.807, 2.05) is 0 Å². The molecule has 2 N–H and O–H groups in total. The maximum Gasteiger partial charge on any atom is 0.337 e. The van der Waals surface area contributed by atoms with Gasteiger partial charge >= 0.3 is 5.97 Å². The molecule has 0 spiro atoms. The number of thiazole rings is 1. The number of amides is 1. The fourth-order valence-electron chi connectivity index (χ4n) is 2.41. The third kappa shape index (κ3) is 5.29. The lowest BCUT2D eigenvalue weighted by molar-refractivity contribution is -0.115. The first-order chi connectivity index (χ1) is 12.1. The highest BCUT2D eigenvalue weighted by atomic mass is 32.1. The van der Waals surface area contributed by atoms with Gasteiger partial charge < -0.3 is 15.4 Å². The van der Waals surface area contributed by atoms with E-state index in [2.05, 4.69) is 29.5 Å². The van der Waals surface area contributed by atoms with Gasteiger partial charge in [-0.1, -0.05) is 13.8 Å². The Hall–Kier alpha value is -2.41. The van der Waals surface area contributed by atoms with Gasteiger partial charge in [0.2, 0.25) is 5.91 Å². The Morgan fingerprint density at radius 3 is 2.60 bits per heavy atom. The molecule has 134 valence electrons. The highest BCUT2D eigenvalue weighted by molar-refractivity contribution is 7.09. The van der Waals surface area contributed by atoms with Gasteiger partial charge in [-0.2, -0.15) is 0 Å². The molecule has 2 rings (SSSR count). The number of methoxy groups -OCH3 is 1.